The maximum Gasteiger partial charge on any atom is 0.184 e. The predicted molar refractivity (Wildman–Crippen MR) is 122 cm³/mol. The summed E-state index contributed by atoms with van der Waals surface area (Å²) in [7, 11) is 1.68. The zero-order chi connectivity index (χ0) is 22.5. The molecule has 6 rings (SSSR count). The van der Waals surface area contributed by atoms with Gasteiger partial charge < -0.3 is 14.2 Å². The van der Waals surface area contributed by atoms with E-state index in [-0.39, 0.29) is 28.6 Å². The first-order chi connectivity index (χ1) is 15.2. The molecule has 1 aromatic rings. The minimum atomic E-state index is -0.334. The van der Waals surface area contributed by atoms with E-state index in [1.54, 1.807) is 7.11 Å². The van der Waals surface area contributed by atoms with Crippen molar-refractivity contribution in [3.8, 4) is 5.75 Å². The van der Waals surface area contributed by atoms with Crippen LogP contribution in [0.15, 0.2) is 35.4 Å². The van der Waals surface area contributed by atoms with Crippen molar-refractivity contribution in [1.82, 2.24) is 0 Å². The lowest BCUT2D eigenvalue weighted by molar-refractivity contribution is -0.200. The van der Waals surface area contributed by atoms with Crippen LogP contribution in [0.3, 0.4) is 0 Å². The van der Waals surface area contributed by atoms with Crippen LogP contribution < -0.4 is 4.74 Å². The monoisotopic (exact) mass is 436 g/mol. The largest absolute Gasteiger partial charge is 0.497 e. The number of allylic oxidation sites excluding steroid dienone is 1. The average Bonchev–Trinajstić information content (AvgIpc) is 3.10. The summed E-state index contributed by atoms with van der Waals surface area (Å²) in [6, 6.07) is 7.97. The molecule has 172 valence electrons. The molecule has 0 radical (unpaired) electrons. The number of carbonyl (C=O) groups excluding carboxylic acids is 1. The molecular formula is C28H36O4. The summed E-state index contributed by atoms with van der Waals surface area (Å²) in [4.78, 5) is 13.6. The van der Waals surface area contributed by atoms with Gasteiger partial charge in [0.15, 0.2) is 6.29 Å². The minimum Gasteiger partial charge on any atom is -0.497 e. The molecule has 7 atom stereocenters. The number of rotatable bonds is 3. The van der Waals surface area contributed by atoms with Gasteiger partial charge in [-0.2, -0.15) is 0 Å². The Kier molecular flexibility index (Phi) is 4.38. The molecule has 1 aliphatic heterocycles. The molecule has 3 saturated carbocycles. The Labute approximate surface area is 191 Å². The molecule has 4 fully saturated rings. The number of hydrogen-bond donors (Lipinski definition) is 0. The molecule has 1 heterocycles. The summed E-state index contributed by atoms with van der Waals surface area (Å²) < 4.78 is 18.1. The highest BCUT2D eigenvalue weighted by Crippen LogP contribution is 2.82. The topological polar surface area (TPSA) is 44.8 Å². The van der Waals surface area contributed by atoms with Gasteiger partial charge in [-0.15, -0.1) is 0 Å². The van der Waals surface area contributed by atoms with E-state index in [9.17, 15) is 4.79 Å². The number of hydrogen-bond acceptors (Lipinski definition) is 4. The van der Waals surface area contributed by atoms with E-state index < -0.39 is 0 Å². The lowest BCUT2D eigenvalue weighted by Gasteiger charge is -2.61. The van der Waals surface area contributed by atoms with Crippen molar-refractivity contribution < 1.29 is 19.0 Å². The number of Topliss-reactive ketones (excluding diaryl/α,β-unsaturated/α-hetero) is 1. The zero-order valence-corrected chi connectivity index (χ0v) is 20.1. The smallest absolute Gasteiger partial charge is 0.184 e. The van der Waals surface area contributed by atoms with Gasteiger partial charge in [0.25, 0.3) is 0 Å². The fraction of sp³-hybridized carbons (Fsp3) is 0.679. The molecule has 0 aromatic heterocycles. The standard InChI is InChI=1S/C28H36O4/c1-16(2)20-12-24(29)28-13-21-19-15-31-25(17-6-8-18(30-5)9-7-17)32-22(19)10-11-26(21,3)23(28)14-27(20,28)4/h6-9,16,20,22-23,25H,10-15H2,1-5H3/t20-,22+,23?,25-,26-,27-,28?/m1/s1. The molecule has 0 N–H and O–H groups in total. The van der Waals surface area contributed by atoms with Gasteiger partial charge in [0.1, 0.15) is 11.5 Å². The lowest BCUT2D eigenvalue weighted by atomic mass is 9.41. The third kappa shape index (κ3) is 2.38. The first-order valence-corrected chi connectivity index (χ1v) is 12.4. The highest BCUT2D eigenvalue weighted by atomic mass is 16.7. The highest BCUT2D eigenvalue weighted by Gasteiger charge is 2.79. The summed E-state index contributed by atoms with van der Waals surface area (Å²) in [5.41, 5.74) is 4.04. The Morgan fingerprint density at radius 1 is 1.16 bits per heavy atom. The van der Waals surface area contributed by atoms with Crippen LogP contribution in [0.25, 0.3) is 0 Å². The van der Waals surface area contributed by atoms with Crippen LogP contribution in [0, 0.1) is 34.0 Å². The van der Waals surface area contributed by atoms with Crippen molar-refractivity contribution in [3.05, 3.63) is 41.0 Å². The predicted octanol–water partition coefficient (Wildman–Crippen LogP) is 5.87. The Morgan fingerprint density at radius 2 is 1.91 bits per heavy atom. The molecule has 1 saturated heterocycles. The normalized spacial score (nSPS) is 44.6. The molecule has 4 heteroatoms. The second kappa shape index (κ2) is 6.70. The van der Waals surface area contributed by atoms with Gasteiger partial charge in [-0.1, -0.05) is 45.4 Å². The van der Waals surface area contributed by atoms with E-state index in [2.05, 4.69) is 27.7 Å². The number of fused-ring (bicyclic) bond motifs is 3. The van der Waals surface area contributed by atoms with Gasteiger partial charge in [-0.05, 0) is 72.0 Å². The second-order valence-corrected chi connectivity index (χ2v) is 11.8. The number of ether oxygens (including phenoxy) is 3. The molecular weight excluding hydrogens is 400 g/mol. The first kappa shape index (κ1) is 20.9. The van der Waals surface area contributed by atoms with Crippen LogP contribution in [-0.4, -0.2) is 25.6 Å². The molecule has 4 aliphatic carbocycles. The third-order valence-corrected chi connectivity index (χ3v) is 10.5. The van der Waals surface area contributed by atoms with Crippen LogP contribution in [0.2, 0.25) is 0 Å². The summed E-state index contributed by atoms with van der Waals surface area (Å²) in [6.07, 6.45) is 4.84. The van der Waals surface area contributed by atoms with Gasteiger partial charge in [-0.25, -0.2) is 0 Å². The zero-order valence-electron chi connectivity index (χ0n) is 20.1. The van der Waals surface area contributed by atoms with Crippen molar-refractivity contribution in [2.45, 2.75) is 72.2 Å². The Bertz CT molecular complexity index is 993. The Morgan fingerprint density at radius 3 is 2.59 bits per heavy atom. The molecule has 1 spiro atoms. The number of ketones is 1. The van der Waals surface area contributed by atoms with Crippen molar-refractivity contribution in [2.75, 3.05) is 13.7 Å². The molecule has 1 aromatic carbocycles. The quantitative estimate of drug-likeness (QED) is 0.556. The maximum atomic E-state index is 13.6. The van der Waals surface area contributed by atoms with Gasteiger partial charge in [-0.3, -0.25) is 4.79 Å². The van der Waals surface area contributed by atoms with Crippen LogP contribution in [-0.2, 0) is 14.3 Å². The fourth-order valence-electron chi connectivity index (χ4n) is 8.73. The summed E-state index contributed by atoms with van der Waals surface area (Å²) in [6.45, 7) is 10.1. The minimum absolute atomic E-state index is 0.108. The summed E-state index contributed by atoms with van der Waals surface area (Å²) in [5.74, 6) is 2.97. The van der Waals surface area contributed by atoms with Crippen LogP contribution in [0.1, 0.15) is 71.7 Å². The van der Waals surface area contributed by atoms with E-state index in [1.165, 1.54) is 17.6 Å². The van der Waals surface area contributed by atoms with Gasteiger partial charge in [0, 0.05) is 17.4 Å². The van der Waals surface area contributed by atoms with Crippen LogP contribution in [0.5, 0.6) is 5.75 Å². The van der Waals surface area contributed by atoms with Gasteiger partial charge in [0.2, 0.25) is 0 Å². The summed E-state index contributed by atoms with van der Waals surface area (Å²) >= 11 is 0. The van der Waals surface area contributed by atoms with Crippen molar-refractivity contribution in [2.24, 2.45) is 34.0 Å². The lowest BCUT2D eigenvalue weighted by Crippen LogP contribution is -2.59. The Hall–Kier alpha value is -1.65. The maximum absolute atomic E-state index is 13.6. The van der Waals surface area contributed by atoms with E-state index in [0.29, 0.717) is 30.1 Å². The van der Waals surface area contributed by atoms with Crippen molar-refractivity contribution in [1.29, 1.82) is 0 Å². The molecule has 0 amide bonds. The van der Waals surface area contributed by atoms with Gasteiger partial charge >= 0.3 is 0 Å². The van der Waals surface area contributed by atoms with E-state index in [0.717, 1.165) is 37.0 Å². The second-order valence-electron chi connectivity index (χ2n) is 11.8. The number of carbonyl (C=O) groups is 1. The molecule has 5 aliphatic rings. The van der Waals surface area contributed by atoms with Gasteiger partial charge in [0.05, 0.1) is 19.8 Å². The highest BCUT2D eigenvalue weighted by molar-refractivity contribution is 5.92. The van der Waals surface area contributed by atoms with E-state index in [1.807, 2.05) is 24.3 Å². The van der Waals surface area contributed by atoms with E-state index >= 15 is 0 Å². The molecule has 0 bridgehead atoms. The molecule has 32 heavy (non-hydrogen) atoms. The first-order valence-electron chi connectivity index (χ1n) is 12.4. The summed E-state index contributed by atoms with van der Waals surface area (Å²) in [5, 5.41) is 0. The number of benzene rings is 1. The van der Waals surface area contributed by atoms with Crippen molar-refractivity contribution in [3.63, 3.8) is 0 Å². The molecule has 4 nitrogen and oxygen atoms in total. The SMILES string of the molecule is COc1ccc([C@@H]2OCC3=C4CC56C(=O)C[C@H](C(C)C)[C@@]5(C)CC6[C@]4(C)CC[C@@H]3O2)cc1. The van der Waals surface area contributed by atoms with Crippen LogP contribution in [0.4, 0.5) is 0 Å². The van der Waals surface area contributed by atoms with E-state index in [4.69, 9.17) is 14.2 Å². The number of methoxy groups -OCH3 is 1. The Balaban J connectivity index is 1.32. The van der Waals surface area contributed by atoms with Crippen molar-refractivity contribution >= 4 is 5.78 Å². The average molecular weight is 437 g/mol. The fourth-order valence-corrected chi connectivity index (χ4v) is 8.73. The molecule has 2 unspecified atom stereocenters. The third-order valence-electron chi connectivity index (χ3n) is 10.5. The van der Waals surface area contributed by atoms with Crippen LogP contribution >= 0.6 is 0 Å².